The predicted molar refractivity (Wildman–Crippen MR) is 75.5 cm³/mol. The molecule has 1 rings (SSSR count). The minimum Gasteiger partial charge on any atom is -0.352 e. The molecule has 1 atom stereocenters. The molecule has 3 amide bonds. The van der Waals surface area contributed by atoms with Crippen molar-refractivity contribution in [2.24, 2.45) is 17.6 Å². The Labute approximate surface area is 115 Å². The van der Waals surface area contributed by atoms with Gasteiger partial charge in [0.15, 0.2) is 0 Å². The summed E-state index contributed by atoms with van der Waals surface area (Å²) in [7, 11) is 0. The first-order valence-corrected chi connectivity index (χ1v) is 7.24. The van der Waals surface area contributed by atoms with Gasteiger partial charge >= 0.3 is 6.03 Å². The molecule has 1 aliphatic rings. The Morgan fingerprint density at radius 3 is 2.26 bits per heavy atom. The summed E-state index contributed by atoms with van der Waals surface area (Å²) in [5.41, 5.74) is 5.13. The van der Waals surface area contributed by atoms with E-state index in [2.05, 4.69) is 17.6 Å². The van der Waals surface area contributed by atoms with Crippen molar-refractivity contribution >= 4 is 11.9 Å². The fraction of sp³-hybridized carbons (Fsp3) is 0.857. The van der Waals surface area contributed by atoms with E-state index >= 15 is 0 Å². The highest BCUT2D eigenvalue weighted by Gasteiger charge is 2.25. The van der Waals surface area contributed by atoms with Crippen LogP contribution >= 0.6 is 0 Å². The van der Waals surface area contributed by atoms with Gasteiger partial charge in [-0.05, 0) is 43.9 Å². The van der Waals surface area contributed by atoms with Crippen LogP contribution in [0, 0.1) is 11.8 Å². The summed E-state index contributed by atoms with van der Waals surface area (Å²) < 4.78 is 0. The maximum absolute atomic E-state index is 12.2. The summed E-state index contributed by atoms with van der Waals surface area (Å²) in [5, 5.41) is 5.58. The zero-order chi connectivity index (χ0) is 14.4. The molecule has 0 saturated heterocycles. The van der Waals surface area contributed by atoms with E-state index in [1.165, 1.54) is 0 Å². The third-order valence-electron chi connectivity index (χ3n) is 3.70. The second-order valence-corrected chi connectivity index (χ2v) is 6.16. The van der Waals surface area contributed by atoms with Crippen molar-refractivity contribution in [2.75, 3.05) is 0 Å². The van der Waals surface area contributed by atoms with E-state index in [9.17, 15) is 9.59 Å². The standard InChI is InChI=1S/C14H27N3O2/c1-9(2)8-12(17-14(15)19)13(18)16-11-6-4-10(3)5-7-11/h9-12H,4-8H2,1-3H3,(H,16,18)(H3,15,17,19). The number of hydrogen-bond donors (Lipinski definition) is 3. The molecule has 5 heteroatoms. The van der Waals surface area contributed by atoms with Crippen molar-refractivity contribution in [3.63, 3.8) is 0 Å². The molecule has 0 aliphatic heterocycles. The molecule has 110 valence electrons. The van der Waals surface area contributed by atoms with E-state index in [-0.39, 0.29) is 11.9 Å². The first-order valence-electron chi connectivity index (χ1n) is 7.24. The van der Waals surface area contributed by atoms with Crippen LogP contribution in [0.1, 0.15) is 52.9 Å². The number of primary amides is 1. The average molecular weight is 269 g/mol. The van der Waals surface area contributed by atoms with Gasteiger partial charge in [-0.2, -0.15) is 0 Å². The number of amides is 3. The molecule has 1 saturated carbocycles. The highest BCUT2D eigenvalue weighted by atomic mass is 16.2. The van der Waals surface area contributed by atoms with Gasteiger partial charge in [-0.1, -0.05) is 20.8 Å². The van der Waals surface area contributed by atoms with Crippen molar-refractivity contribution in [3.05, 3.63) is 0 Å². The first kappa shape index (κ1) is 15.8. The van der Waals surface area contributed by atoms with E-state index < -0.39 is 12.1 Å². The number of nitrogens with two attached hydrogens (primary N) is 1. The Hall–Kier alpha value is -1.26. The molecule has 0 spiro atoms. The lowest BCUT2D eigenvalue weighted by Crippen LogP contribution is -2.51. The van der Waals surface area contributed by atoms with E-state index in [4.69, 9.17) is 5.73 Å². The van der Waals surface area contributed by atoms with Crippen LogP contribution in [0.5, 0.6) is 0 Å². The molecule has 0 heterocycles. The molecule has 0 bridgehead atoms. The zero-order valence-electron chi connectivity index (χ0n) is 12.2. The average Bonchev–Trinajstić information content (AvgIpc) is 2.30. The Balaban J connectivity index is 2.48. The molecule has 5 nitrogen and oxygen atoms in total. The van der Waals surface area contributed by atoms with Gasteiger partial charge in [0, 0.05) is 6.04 Å². The Bertz CT molecular complexity index is 310. The second-order valence-electron chi connectivity index (χ2n) is 6.16. The van der Waals surface area contributed by atoms with Gasteiger partial charge < -0.3 is 16.4 Å². The quantitative estimate of drug-likeness (QED) is 0.710. The molecule has 0 radical (unpaired) electrons. The van der Waals surface area contributed by atoms with Gasteiger partial charge in [0.25, 0.3) is 0 Å². The van der Waals surface area contributed by atoms with Gasteiger partial charge in [-0.15, -0.1) is 0 Å². The van der Waals surface area contributed by atoms with Crippen LogP contribution in [-0.4, -0.2) is 24.0 Å². The molecule has 1 fully saturated rings. The molecule has 19 heavy (non-hydrogen) atoms. The van der Waals surface area contributed by atoms with Gasteiger partial charge in [0.05, 0.1) is 0 Å². The van der Waals surface area contributed by atoms with Crippen molar-refractivity contribution in [3.8, 4) is 0 Å². The van der Waals surface area contributed by atoms with Crippen molar-refractivity contribution in [1.29, 1.82) is 0 Å². The third-order valence-corrected chi connectivity index (χ3v) is 3.70. The fourth-order valence-electron chi connectivity index (χ4n) is 2.58. The van der Waals surface area contributed by atoms with Crippen LogP contribution in [0.2, 0.25) is 0 Å². The van der Waals surface area contributed by atoms with Crippen molar-refractivity contribution in [2.45, 2.75) is 65.0 Å². The zero-order valence-corrected chi connectivity index (χ0v) is 12.2. The van der Waals surface area contributed by atoms with Crippen LogP contribution < -0.4 is 16.4 Å². The first-order chi connectivity index (χ1) is 8.88. The van der Waals surface area contributed by atoms with Gasteiger partial charge in [-0.3, -0.25) is 4.79 Å². The number of nitrogens with one attached hydrogen (secondary N) is 2. The molecule has 4 N–H and O–H groups in total. The number of carbonyl (C=O) groups is 2. The van der Waals surface area contributed by atoms with Crippen molar-refractivity contribution in [1.82, 2.24) is 10.6 Å². The third kappa shape index (κ3) is 5.94. The number of hydrogen-bond acceptors (Lipinski definition) is 2. The highest BCUT2D eigenvalue weighted by Crippen LogP contribution is 2.23. The smallest absolute Gasteiger partial charge is 0.312 e. The SMILES string of the molecule is CC(C)CC(NC(N)=O)C(=O)NC1CCC(C)CC1. The lowest BCUT2D eigenvalue weighted by atomic mass is 9.87. The minimum atomic E-state index is -0.641. The molecule has 1 unspecified atom stereocenters. The summed E-state index contributed by atoms with van der Waals surface area (Å²) in [6.45, 7) is 6.28. The maximum atomic E-state index is 12.2. The summed E-state index contributed by atoms with van der Waals surface area (Å²) in [5.74, 6) is 0.976. The number of urea groups is 1. The topological polar surface area (TPSA) is 84.2 Å². The maximum Gasteiger partial charge on any atom is 0.312 e. The molecule has 0 aromatic rings. The molecule has 0 aromatic heterocycles. The molecule has 1 aliphatic carbocycles. The lowest BCUT2D eigenvalue weighted by molar-refractivity contribution is -0.124. The van der Waals surface area contributed by atoms with Crippen LogP contribution in [0.25, 0.3) is 0 Å². The largest absolute Gasteiger partial charge is 0.352 e. The monoisotopic (exact) mass is 269 g/mol. The number of rotatable bonds is 5. The van der Waals surface area contributed by atoms with E-state index in [1.807, 2.05) is 13.8 Å². The van der Waals surface area contributed by atoms with E-state index in [0.717, 1.165) is 31.6 Å². The second kappa shape index (κ2) is 7.36. The van der Waals surface area contributed by atoms with Crippen LogP contribution in [0.3, 0.4) is 0 Å². The van der Waals surface area contributed by atoms with E-state index in [0.29, 0.717) is 12.3 Å². The fourth-order valence-corrected chi connectivity index (χ4v) is 2.58. The minimum absolute atomic E-state index is 0.105. The predicted octanol–water partition coefficient (Wildman–Crippen LogP) is 1.76. The van der Waals surface area contributed by atoms with Crippen LogP contribution in [0.4, 0.5) is 4.79 Å². The van der Waals surface area contributed by atoms with Gasteiger partial charge in [0.2, 0.25) is 5.91 Å². The summed E-state index contributed by atoms with van der Waals surface area (Å²) in [6, 6.07) is -0.914. The Morgan fingerprint density at radius 2 is 1.79 bits per heavy atom. The molecule has 0 aromatic carbocycles. The molecular weight excluding hydrogens is 242 g/mol. The Kier molecular flexibility index (Phi) is 6.12. The number of carbonyl (C=O) groups excluding carboxylic acids is 2. The Morgan fingerprint density at radius 1 is 1.21 bits per heavy atom. The van der Waals surface area contributed by atoms with E-state index in [1.54, 1.807) is 0 Å². The molecular formula is C14H27N3O2. The van der Waals surface area contributed by atoms with Gasteiger partial charge in [0.1, 0.15) is 6.04 Å². The van der Waals surface area contributed by atoms with Crippen LogP contribution in [-0.2, 0) is 4.79 Å². The summed E-state index contributed by atoms with van der Waals surface area (Å²) in [6.07, 6.45) is 4.97. The van der Waals surface area contributed by atoms with Gasteiger partial charge in [-0.25, -0.2) is 4.79 Å². The van der Waals surface area contributed by atoms with Crippen molar-refractivity contribution < 1.29 is 9.59 Å². The highest BCUT2D eigenvalue weighted by molar-refractivity contribution is 5.86. The lowest BCUT2D eigenvalue weighted by Gasteiger charge is -2.29. The normalized spacial score (nSPS) is 24.8. The summed E-state index contributed by atoms with van der Waals surface area (Å²) >= 11 is 0. The van der Waals surface area contributed by atoms with Crippen LogP contribution in [0.15, 0.2) is 0 Å². The summed E-state index contributed by atoms with van der Waals surface area (Å²) in [4.78, 5) is 23.1.